The summed E-state index contributed by atoms with van der Waals surface area (Å²) in [5.74, 6) is -0.103. The van der Waals surface area contributed by atoms with Crippen LogP contribution in [0.2, 0.25) is 0 Å². The number of rotatable bonds is 1. The Balaban J connectivity index is 2.23. The normalized spacial score (nSPS) is 38.0. The van der Waals surface area contributed by atoms with Gasteiger partial charge in [-0.3, -0.25) is 9.59 Å². The summed E-state index contributed by atoms with van der Waals surface area (Å²) in [6, 6.07) is -0.410. The van der Waals surface area contributed by atoms with Crippen molar-refractivity contribution in [2.24, 2.45) is 11.8 Å². The summed E-state index contributed by atoms with van der Waals surface area (Å²) in [4.78, 5) is 24.2. The summed E-state index contributed by atoms with van der Waals surface area (Å²) >= 11 is 12.0. The standard InChI is InChI=1S/C9H11Cl2NO2/c1-4(13)8-7-6(9(7,10)11)3-12(8)5(2)14/h6-8H,3H2,1-2H3/t6-,7-,8+/m0/s1. The van der Waals surface area contributed by atoms with Gasteiger partial charge >= 0.3 is 0 Å². The van der Waals surface area contributed by atoms with Gasteiger partial charge in [-0.15, -0.1) is 23.2 Å². The maximum atomic E-state index is 11.4. The number of carbonyl (C=O) groups is 2. The predicted molar refractivity (Wildman–Crippen MR) is 53.3 cm³/mol. The summed E-state index contributed by atoms with van der Waals surface area (Å²) in [6.45, 7) is 3.45. The summed E-state index contributed by atoms with van der Waals surface area (Å²) in [5.41, 5.74) is 0. The fourth-order valence-corrected chi connectivity index (χ4v) is 3.22. The van der Waals surface area contributed by atoms with Gasteiger partial charge in [0.05, 0.1) is 6.04 Å². The number of hydrogen-bond donors (Lipinski definition) is 0. The maximum Gasteiger partial charge on any atom is 0.220 e. The minimum Gasteiger partial charge on any atom is -0.332 e. The topological polar surface area (TPSA) is 37.4 Å². The third-order valence-corrected chi connectivity index (χ3v) is 4.22. The van der Waals surface area contributed by atoms with Crippen molar-refractivity contribution in [1.29, 1.82) is 0 Å². The number of Topliss-reactive ketones (excluding diaryl/α,β-unsaturated/α-hetero) is 1. The third-order valence-electron chi connectivity index (χ3n) is 3.15. The molecule has 2 rings (SSSR count). The fraction of sp³-hybridized carbons (Fsp3) is 0.778. The van der Waals surface area contributed by atoms with E-state index in [1.54, 1.807) is 4.90 Å². The Morgan fingerprint density at radius 1 is 1.36 bits per heavy atom. The van der Waals surface area contributed by atoms with Crippen molar-refractivity contribution < 1.29 is 9.59 Å². The molecule has 2 aliphatic rings. The van der Waals surface area contributed by atoms with Crippen LogP contribution < -0.4 is 0 Å². The zero-order chi connectivity index (χ0) is 10.7. The van der Waals surface area contributed by atoms with E-state index in [0.717, 1.165) is 0 Å². The number of alkyl halides is 2. The van der Waals surface area contributed by atoms with E-state index < -0.39 is 10.4 Å². The van der Waals surface area contributed by atoms with Crippen LogP contribution in [0.5, 0.6) is 0 Å². The highest BCUT2D eigenvalue weighted by Crippen LogP contribution is 2.65. The average Bonchev–Trinajstić information content (AvgIpc) is 2.47. The molecule has 0 aromatic carbocycles. The molecule has 0 radical (unpaired) electrons. The lowest BCUT2D eigenvalue weighted by atomic mass is 10.1. The van der Waals surface area contributed by atoms with Gasteiger partial charge in [-0.1, -0.05) is 0 Å². The van der Waals surface area contributed by atoms with Crippen LogP contribution in [0.1, 0.15) is 13.8 Å². The maximum absolute atomic E-state index is 11.4. The van der Waals surface area contributed by atoms with Crippen LogP contribution in [0, 0.1) is 11.8 Å². The molecule has 0 unspecified atom stereocenters. The van der Waals surface area contributed by atoms with Gasteiger partial charge in [0, 0.05) is 25.3 Å². The van der Waals surface area contributed by atoms with Gasteiger partial charge in [-0.05, 0) is 6.92 Å². The van der Waals surface area contributed by atoms with Crippen LogP contribution in [0.3, 0.4) is 0 Å². The molecule has 0 aromatic rings. The Labute approximate surface area is 92.3 Å². The first-order valence-electron chi connectivity index (χ1n) is 4.53. The van der Waals surface area contributed by atoms with Gasteiger partial charge in [0.2, 0.25) is 5.91 Å². The van der Waals surface area contributed by atoms with Gasteiger partial charge in [0.1, 0.15) is 4.33 Å². The molecule has 1 heterocycles. The van der Waals surface area contributed by atoms with Gasteiger partial charge in [-0.2, -0.15) is 0 Å². The van der Waals surface area contributed by atoms with E-state index in [2.05, 4.69) is 0 Å². The molecule has 1 saturated carbocycles. The molecule has 1 aliphatic heterocycles. The van der Waals surface area contributed by atoms with E-state index in [-0.39, 0.29) is 23.5 Å². The van der Waals surface area contributed by atoms with Crippen LogP contribution >= 0.6 is 23.2 Å². The second-order valence-electron chi connectivity index (χ2n) is 4.03. The van der Waals surface area contributed by atoms with Crippen LogP contribution in [-0.4, -0.2) is 33.5 Å². The molecule has 78 valence electrons. The summed E-state index contributed by atoms with van der Waals surface area (Å²) in [5, 5.41) is 0. The second kappa shape index (κ2) is 2.86. The molecule has 2 fully saturated rings. The molecule has 1 amide bonds. The smallest absolute Gasteiger partial charge is 0.220 e. The molecule has 1 saturated heterocycles. The minimum absolute atomic E-state index is 0.0316. The average molecular weight is 236 g/mol. The van der Waals surface area contributed by atoms with Crippen LogP contribution in [0.25, 0.3) is 0 Å². The van der Waals surface area contributed by atoms with Crippen molar-refractivity contribution in [1.82, 2.24) is 4.90 Å². The molecule has 0 bridgehead atoms. The second-order valence-corrected chi connectivity index (χ2v) is 5.48. The van der Waals surface area contributed by atoms with Crippen molar-refractivity contribution in [2.45, 2.75) is 24.2 Å². The molecule has 3 nitrogen and oxygen atoms in total. The number of halogens is 2. The van der Waals surface area contributed by atoms with E-state index in [0.29, 0.717) is 6.54 Å². The van der Waals surface area contributed by atoms with Crippen molar-refractivity contribution >= 4 is 34.9 Å². The number of amides is 1. The van der Waals surface area contributed by atoms with E-state index >= 15 is 0 Å². The Morgan fingerprint density at radius 2 is 1.93 bits per heavy atom. The van der Waals surface area contributed by atoms with Gasteiger partial charge in [-0.25, -0.2) is 0 Å². The molecule has 0 N–H and O–H groups in total. The number of ketones is 1. The highest BCUT2D eigenvalue weighted by atomic mass is 35.5. The predicted octanol–water partition coefficient (Wildman–Crippen LogP) is 1.23. The van der Waals surface area contributed by atoms with Gasteiger partial charge in [0.25, 0.3) is 0 Å². The number of fused-ring (bicyclic) bond motifs is 1. The lowest BCUT2D eigenvalue weighted by Crippen LogP contribution is -2.43. The number of hydrogen-bond acceptors (Lipinski definition) is 2. The summed E-state index contributed by atoms with van der Waals surface area (Å²) in [7, 11) is 0. The highest BCUT2D eigenvalue weighted by molar-refractivity contribution is 6.51. The number of piperidine rings is 1. The summed E-state index contributed by atoms with van der Waals surface area (Å²) in [6.07, 6.45) is 0. The van der Waals surface area contributed by atoms with Crippen molar-refractivity contribution in [3.8, 4) is 0 Å². The lowest BCUT2D eigenvalue weighted by Gasteiger charge is -2.26. The molecule has 1 aliphatic carbocycles. The zero-order valence-corrected chi connectivity index (χ0v) is 9.47. The first-order chi connectivity index (χ1) is 6.37. The Kier molecular flexibility index (Phi) is 2.09. The lowest BCUT2D eigenvalue weighted by molar-refractivity contribution is -0.136. The highest BCUT2D eigenvalue weighted by Gasteiger charge is 2.72. The molecule has 5 heteroatoms. The summed E-state index contributed by atoms with van der Waals surface area (Å²) < 4.78 is -0.789. The van der Waals surface area contributed by atoms with Gasteiger partial charge < -0.3 is 4.90 Å². The van der Waals surface area contributed by atoms with Crippen molar-refractivity contribution in [3.63, 3.8) is 0 Å². The first kappa shape index (κ1) is 10.2. The molecular weight excluding hydrogens is 225 g/mol. The van der Waals surface area contributed by atoms with Crippen LogP contribution in [0.15, 0.2) is 0 Å². The van der Waals surface area contributed by atoms with Crippen molar-refractivity contribution in [3.05, 3.63) is 0 Å². The van der Waals surface area contributed by atoms with Crippen molar-refractivity contribution in [2.75, 3.05) is 6.54 Å². The third kappa shape index (κ3) is 1.18. The zero-order valence-electron chi connectivity index (χ0n) is 7.96. The number of likely N-dealkylation sites (tertiary alicyclic amines) is 1. The van der Waals surface area contributed by atoms with E-state index in [4.69, 9.17) is 23.2 Å². The van der Waals surface area contributed by atoms with E-state index in [9.17, 15) is 9.59 Å². The monoisotopic (exact) mass is 235 g/mol. The Morgan fingerprint density at radius 3 is 2.36 bits per heavy atom. The fourth-order valence-electron chi connectivity index (χ4n) is 2.40. The number of nitrogens with zero attached hydrogens (tertiary/aromatic N) is 1. The Hall–Kier alpha value is -0.280. The molecular formula is C9H11Cl2NO2. The van der Waals surface area contributed by atoms with E-state index in [1.807, 2.05) is 0 Å². The minimum atomic E-state index is -0.789. The van der Waals surface area contributed by atoms with Crippen LogP contribution in [0.4, 0.5) is 0 Å². The Bertz CT molecular complexity index is 316. The SMILES string of the molecule is CC(=O)[C@@H]1[C@@H]2[C@H](CN1C(C)=O)C2(Cl)Cl. The molecule has 0 spiro atoms. The van der Waals surface area contributed by atoms with Gasteiger partial charge in [0.15, 0.2) is 5.78 Å². The quantitative estimate of drug-likeness (QED) is 0.642. The first-order valence-corrected chi connectivity index (χ1v) is 5.28. The molecule has 0 aromatic heterocycles. The number of carbonyl (C=O) groups excluding carboxylic acids is 2. The van der Waals surface area contributed by atoms with E-state index in [1.165, 1.54) is 13.8 Å². The molecule has 3 atom stereocenters. The van der Waals surface area contributed by atoms with Crippen LogP contribution in [-0.2, 0) is 9.59 Å². The molecule has 14 heavy (non-hydrogen) atoms. The largest absolute Gasteiger partial charge is 0.332 e.